The van der Waals surface area contributed by atoms with E-state index >= 15 is 0 Å². The number of amides is 2. The predicted octanol–water partition coefficient (Wildman–Crippen LogP) is 3.28. The van der Waals surface area contributed by atoms with Gasteiger partial charge in [0, 0.05) is 19.7 Å². The number of benzene rings is 2. The Bertz CT molecular complexity index is 907. The van der Waals surface area contributed by atoms with Gasteiger partial charge in [-0.05, 0) is 34.9 Å². The normalized spacial score (nSPS) is 15.0. The van der Waals surface area contributed by atoms with Gasteiger partial charge in [0.1, 0.15) is 0 Å². The molecule has 1 atom stereocenters. The van der Waals surface area contributed by atoms with Crippen LogP contribution in [0.5, 0.6) is 11.5 Å². The van der Waals surface area contributed by atoms with Crippen LogP contribution >= 0.6 is 0 Å². The number of carbonyl (C=O) groups is 2. The maximum atomic E-state index is 12.6. The van der Waals surface area contributed by atoms with Gasteiger partial charge < -0.3 is 19.7 Å². The third-order valence-electron chi connectivity index (χ3n) is 4.79. The second-order valence-electron chi connectivity index (χ2n) is 6.56. The van der Waals surface area contributed by atoms with E-state index in [-0.39, 0.29) is 24.3 Å². The Labute approximate surface area is 164 Å². The molecule has 0 aromatic heterocycles. The van der Waals surface area contributed by atoms with E-state index in [0.717, 1.165) is 16.7 Å². The molecule has 1 aliphatic heterocycles. The van der Waals surface area contributed by atoms with Gasteiger partial charge in [-0.3, -0.25) is 9.59 Å². The Kier molecular flexibility index (Phi) is 5.99. The van der Waals surface area contributed by atoms with E-state index in [2.05, 4.69) is 5.32 Å². The number of hydrogen-bond donors (Lipinski definition) is 1. The van der Waals surface area contributed by atoms with Crippen LogP contribution < -0.4 is 14.8 Å². The first-order valence-electron chi connectivity index (χ1n) is 9.07. The standard InChI is InChI=1S/C22H24N2O4/c1-15(25)24-11-10-17-6-4-5-7-18(17)19(24)13-22(26)23-14-16-8-9-20(27-2)21(12-16)28-3/h4-12,19H,13-14H2,1-3H3,(H,23,26). The van der Waals surface area contributed by atoms with E-state index in [1.165, 1.54) is 6.92 Å². The van der Waals surface area contributed by atoms with E-state index in [1.54, 1.807) is 31.4 Å². The van der Waals surface area contributed by atoms with Crippen molar-refractivity contribution < 1.29 is 19.1 Å². The van der Waals surface area contributed by atoms with Crippen molar-refractivity contribution in [1.82, 2.24) is 10.2 Å². The van der Waals surface area contributed by atoms with Gasteiger partial charge in [0.05, 0.1) is 26.7 Å². The Morgan fingerprint density at radius 3 is 2.54 bits per heavy atom. The van der Waals surface area contributed by atoms with E-state index in [0.29, 0.717) is 18.0 Å². The molecular weight excluding hydrogens is 356 g/mol. The van der Waals surface area contributed by atoms with E-state index in [1.807, 2.05) is 42.5 Å². The first-order valence-corrected chi connectivity index (χ1v) is 9.07. The molecule has 0 radical (unpaired) electrons. The molecule has 1 unspecified atom stereocenters. The van der Waals surface area contributed by atoms with Gasteiger partial charge in [-0.2, -0.15) is 0 Å². The third kappa shape index (κ3) is 4.17. The Balaban J connectivity index is 1.70. The number of carbonyl (C=O) groups excluding carboxylic acids is 2. The highest BCUT2D eigenvalue weighted by Crippen LogP contribution is 2.33. The monoisotopic (exact) mass is 380 g/mol. The Morgan fingerprint density at radius 2 is 1.82 bits per heavy atom. The lowest BCUT2D eigenvalue weighted by Crippen LogP contribution is -2.35. The Morgan fingerprint density at radius 1 is 1.07 bits per heavy atom. The van der Waals surface area contributed by atoms with Gasteiger partial charge in [-0.15, -0.1) is 0 Å². The zero-order valence-electron chi connectivity index (χ0n) is 16.3. The zero-order chi connectivity index (χ0) is 20.1. The van der Waals surface area contributed by atoms with Crippen molar-refractivity contribution in [2.24, 2.45) is 0 Å². The van der Waals surface area contributed by atoms with Crippen LogP contribution in [-0.2, 0) is 16.1 Å². The van der Waals surface area contributed by atoms with Crippen LogP contribution in [0.25, 0.3) is 6.08 Å². The van der Waals surface area contributed by atoms with Crippen molar-refractivity contribution in [1.29, 1.82) is 0 Å². The van der Waals surface area contributed by atoms with Crippen LogP contribution in [0, 0.1) is 0 Å². The molecule has 6 nitrogen and oxygen atoms in total. The molecule has 0 spiro atoms. The van der Waals surface area contributed by atoms with Crippen molar-refractivity contribution in [2.75, 3.05) is 14.2 Å². The fourth-order valence-corrected chi connectivity index (χ4v) is 3.35. The highest BCUT2D eigenvalue weighted by Gasteiger charge is 2.28. The number of fused-ring (bicyclic) bond motifs is 1. The molecule has 28 heavy (non-hydrogen) atoms. The Hall–Kier alpha value is -3.28. The molecule has 3 rings (SSSR count). The van der Waals surface area contributed by atoms with Gasteiger partial charge in [-0.1, -0.05) is 30.3 Å². The molecule has 2 amide bonds. The summed E-state index contributed by atoms with van der Waals surface area (Å²) in [6.45, 7) is 1.87. The lowest BCUT2D eigenvalue weighted by Gasteiger charge is -2.32. The molecule has 0 aliphatic carbocycles. The summed E-state index contributed by atoms with van der Waals surface area (Å²) in [6.07, 6.45) is 3.83. The van der Waals surface area contributed by atoms with E-state index in [9.17, 15) is 9.59 Å². The molecule has 6 heteroatoms. The van der Waals surface area contributed by atoms with Crippen LogP contribution in [0.4, 0.5) is 0 Å². The second kappa shape index (κ2) is 8.61. The summed E-state index contributed by atoms with van der Waals surface area (Å²) in [7, 11) is 3.15. The molecule has 2 aromatic rings. The highest BCUT2D eigenvalue weighted by atomic mass is 16.5. The number of rotatable bonds is 6. The summed E-state index contributed by atoms with van der Waals surface area (Å²) in [5.74, 6) is 1.03. The summed E-state index contributed by atoms with van der Waals surface area (Å²) < 4.78 is 10.5. The van der Waals surface area contributed by atoms with Crippen molar-refractivity contribution >= 4 is 17.9 Å². The largest absolute Gasteiger partial charge is 0.493 e. The van der Waals surface area contributed by atoms with Gasteiger partial charge in [-0.25, -0.2) is 0 Å². The number of hydrogen-bond acceptors (Lipinski definition) is 4. The summed E-state index contributed by atoms with van der Waals surface area (Å²) in [6, 6.07) is 13.0. The number of methoxy groups -OCH3 is 2. The van der Waals surface area contributed by atoms with Gasteiger partial charge in [0.2, 0.25) is 11.8 Å². The highest BCUT2D eigenvalue weighted by molar-refractivity contribution is 5.81. The minimum atomic E-state index is -0.316. The maximum absolute atomic E-state index is 12.6. The van der Waals surface area contributed by atoms with Crippen LogP contribution in [0.2, 0.25) is 0 Å². The van der Waals surface area contributed by atoms with Crippen LogP contribution in [0.1, 0.15) is 36.1 Å². The van der Waals surface area contributed by atoms with Gasteiger partial charge >= 0.3 is 0 Å². The van der Waals surface area contributed by atoms with Crippen LogP contribution in [0.15, 0.2) is 48.7 Å². The molecule has 1 heterocycles. The SMILES string of the molecule is COc1ccc(CNC(=O)CC2c3ccccc3C=CN2C(C)=O)cc1OC. The summed E-state index contributed by atoms with van der Waals surface area (Å²) in [4.78, 5) is 26.2. The fraction of sp³-hybridized carbons (Fsp3) is 0.273. The maximum Gasteiger partial charge on any atom is 0.223 e. The van der Waals surface area contributed by atoms with Crippen molar-refractivity contribution in [3.8, 4) is 11.5 Å². The molecule has 2 aromatic carbocycles. The lowest BCUT2D eigenvalue weighted by atomic mass is 9.93. The zero-order valence-corrected chi connectivity index (χ0v) is 16.3. The van der Waals surface area contributed by atoms with Crippen molar-refractivity contribution in [2.45, 2.75) is 25.9 Å². The molecule has 1 N–H and O–H groups in total. The van der Waals surface area contributed by atoms with Crippen molar-refractivity contribution in [3.05, 3.63) is 65.4 Å². The number of nitrogens with one attached hydrogen (secondary N) is 1. The second-order valence-corrected chi connectivity index (χ2v) is 6.56. The lowest BCUT2D eigenvalue weighted by molar-refractivity contribution is -0.130. The molecule has 1 aliphatic rings. The third-order valence-corrected chi connectivity index (χ3v) is 4.79. The topological polar surface area (TPSA) is 67.9 Å². The van der Waals surface area contributed by atoms with Crippen LogP contribution in [-0.4, -0.2) is 30.9 Å². The van der Waals surface area contributed by atoms with Crippen LogP contribution in [0.3, 0.4) is 0 Å². The molecule has 146 valence electrons. The summed E-state index contributed by atoms with van der Waals surface area (Å²) >= 11 is 0. The first-order chi connectivity index (χ1) is 13.5. The van der Waals surface area contributed by atoms with Crippen molar-refractivity contribution in [3.63, 3.8) is 0 Å². The molecule has 0 fully saturated rings. The molecular formula is C22H24N2O4. The van der Waals surface area contributed by atoms with Gasteiger partial charge in [0.25, 0.3) is 0 Å². The average Bonchev–Trinajstić information content (AvgIpc) is 2.72. The smallest absolute Gasteiger partial charge is 0.223 e. The molecule has 0 saturated heterocycles. The van der Waals surface area contributed by atoms with E-state index in [4.69, 9.17) is 9.47 Å². The minimum Gasteiger partial charge on any atom is -0.493 e. The number of ether oxygens (including phenoxy) is 2. The minimum absolute atomic E-state index is 0.0940. The fourth-order valence-electron chi connectivity index (χ4n) is 3.35. The molecule has 0 bridgehead atoms. The quantitative estimate of drug-likeness (QED) is 0.835. The molecule has 0 saturated carbocycles. The summed E-state index contributed by atoms with van der Waals surface area (Å²) in [5, 5.41) is 2.93. The van der Waals surface area contributed by atoms with E-state index < -0.39 is 0 Å². The van der Waals surface area contributed by atoms with Gasteiger partial charge in [0.15, 0.2) is 11.5 Å². The average molecular weight is 380 g/mol. The predicted molar refractivity (Wildman–Crippen MR) is 107 cm³/mol. The first kappa shape index (κ1) is 19.5. The number of nitrogens with zero attached hydrogens (tertiary/aromatic N) is 1. The summed E-state index contributed by atoms with van der Waals surface area (Å²) in [5.41, 5.74) is 2.90.